The number of rotatable bonds is 4. The van der Waals surface area contributed by atoms with Crippen LogP contribution in [-0.4, -0.2) is 25.7 Å². The van der Waals surface area contributed by atoms with E-state index in [2.05, 4.69) is 33.8 Å². The van der Waals surface area contributed by atoms with Gasteiger partial charge < -0.3 is 10.7 Å². The lowest BCUT2D eigenvalue weighted by atomic mass is 10.2. The van der Waals surface area contributed by atoms with Crippen LogP contribution in [-0.2, 0) is 0 Å². The highest BCUT2D eigenvalue weighted by atomic mass is 32.2. The Morgan fingerprint density at radius 1 is 1.50 bits per heavy atom. The Morgan fingerprint density at radius 3 is 3.06 bits per heavy atom. The van der Waals surface area contributed by atoms with E-state index in [1.807, 2.05) is 0 Å². The molecule has 2 rings (SSSR count). The van der Waals surface area contributed by atoms with Crippen molar-refractivity contribution in [2.75, 3.05) is 11.5 Å². The van der Waals surface area contributed by atoms with Gasteiger partial charge in [-0.3, -0.25) is 0 Å². The van der Waals surface area contributed by atoms with Crippen LogP contribution in [0.25, 0.3) is 11.2 Å². The predicted molar refractivity (Wildman–Crippen MR) is 66.3 cm³/mol. The van der Waals surface area contributed by atoms with Gasteiger partial charge in [-0.25, -0.2) is 15.0 Å². The summed E-state index contributed by atoms with van der Waals surface area (Å²) < 4.78 is 0. The SMILES string of the molecule is CCC(C)CSc1nc(N)c2[nH]cnc2n1. The zero-order chi connectivity index (χ0) is 11.5. The highest BCUT2D eigenvalue weighted by Gasteiger charge is 2.08. The van der Waals surface area contributed by atoms with Gasteiger partial charge in [0.25, 0.3) is 0 Å². The molecular weight excluding hydrogens is 222 g/mol. The van der Waals surface area contributed by atoms with E-state index in [4.69, 9.17) is 5.73 Å². The molecule has 16 heavy (non-hydrogen) atoms. The number of nitrogen functional groups attached to an aromatic ring is 1. The third-order valence-electron chi connectivity index (χ3n) is 2.49. The standard InChI is InChI=1S/C10H15N5S/c1-3-6(2)4-16-10-14-8(11)7-9(15-10)13-5-12-7/h5-6H,3-4H2,1-2H3,(H3,11,12,13,14,15). The molecule has 0 aliphatic rings. The molecule has 2 aromatic rings. The summed E-state index contributed by atoms with van der Waals surface area (Å²) in [5.74, 6) is 2.13. The number of nitrogens with zero attached hydrogens (tertiary/aromatic N) is 3. The maximum Gasteiger partial charge on any atom is 0.191 e. The number of imidazole rings is 1. The molecule has 0 aromatic carbocycles. The van der Waals surface area contributed by atoms with E-state index < -0.39 is 0 Å². The number of hydrogen-bond donors (Lipinski definition) is 2. The third-order valence-corrected chi connectivity index (χ3v) is 3.66. The molecular formula is C10H15N5S. The first-order valence-electron chi connectivity index (χ1n) is 5.30. The van der Waals surface area contributed by atoms with E-state index in [1.165, 1.54) is 0 Å². The second-order valence-corrected chi connectivity index (χ2v) is 4.80. The Morgan fingerprint density at radius 2 is 2.31 bits per heavy atom. The predicted octanol–water partition coefficient (Wildman–Crippen LogP) is 2.07. The number of fused-ring (bicyclic) bond motifs is 1. The minimum absolute atomic E-state index is 0.467. The zero-order valence-corrected chi connectivity index (χ0v) is 10.2. The van der Waals surface area contributed by atoms with Gasteiger partial charge in [-0.05, 0) is 5.92 Å². The molecule has 0 saturated heterocycles. The van der Waals surface area contributed by atoms with Crippen LogP contribution in [0.3, 0.4) is 0 Å². The Hall–Kier alpha value is -1.30. The number of H-pyrrole nitrogens is 1. The summed E-state index contributed by atoms with van der Waals surface area (Å²) in [5, 5.41) is 0.706. The monoisotopic (exact) mass is 237 g/mol. The average molecular weight is 237 g/mol. The fourth-order valence-corrected chi connectivity index (χ4v) is 2.22. The van der Waals surface area contributed by atoms with Crippen LogP contribution in [0.1, 0.15) is 20.3 Å². The molecule has 0 saturated carbocycles. The molecule has 0 spiro atoms. The summed E-state index contributed by atoms with van der Waals surface area (Å²) in [7, 11) is 0. The lowest BCUT2D eigenvalue weighted by Crippen LogP contribution is -2.00. The Labute approximate surface area is 98.3 Å². The van der Waals surface area contributed by atoms with Gasteiger partial charge in [0.2, 0.25) is 0 Å². The minimum atomic E-state index is 0.467. The summed E-state index contributed by atoms with van der Waals surface area (Å²) in [6.45, 7) is 4.39. The van der Waals surface area contributed by atoms with Crippen molar-refractivity contribution in [3.8, 4) is 0 Å². The smallest absolute Gasteiger partial charge is 0.191 e. The van der Waals surface area contributed by atoms with Gasteiger partial charge in [-0.15, -0.1) is 0 Å². The summed E-state index contributed by atoms with van der Waals surface area (Å²) in [4.78, 5) is 15.6. The molecule has 86 valence electrons. The second-order valence-electron chi connectivity index (χ2n) is 3.82. The number of anilines is 1. The van der Waals surface area contributed by atoms with Gasteiger partial charge in [0.15, 0.2) is 16.6 Å². The van der Waals surface area contributed by atoms with Crippen molar-refractivity contribution in [3.63, 3.8) is 0 Å². The van der Waals surface area contributed by atoms with Crippen molar-refractivity contribution in [2.24, 2.45) is 5.92 Å². The van der Waals surface area contributed by atoms with Gasteiger partial charge in [0.05, 0.1) is 6.33 Å². The lowest BCUT2D eigenvalue weighted by Gasteiger charge is -2.06. The van der Waals surface area contributed by atoms with Crippen molar-refractivity contribution in [1.82, 2.24) is 19.9 Å². The number of hydrogen-bond acceptors (Lipinski definition) is 5. The fraction of sp³-hybridized carbons (Fsp3) is 0.500. The molecule has 6 heteroatoms. The average Bonchev–Trinajstić information content (AvgIpc) is 2.74. The highest BCUT2D eigenvalue weighted by molar-refractivity contribution is 7.99. The number of aromatic nitrogens is 4. The molecule has 5 nitrogen and oxygen atoms in total. The topological polar surface area (TPSA) is 80.5 Å². The summed E-state index contributed by atoms with van der Waals surface area (Å²) in [6.07, 6.45) is 2.74. The molecule has 0 aliphatic carbocycles. The van der Waals surface area contributed by atoms with E-state index >= 15 is 0 Å². The highest BCUT2D eigenvalue weighted by Crippen LogP contribution is 2.22. The van der Waals surface area contributed by atoms with E-state index in [0.29, 0.717) is 28.1 Å². The van der Waals surface area contributed by atoms with Crippen molar-refractivity contribution >= 4 is 28.7 Å². The van der Waals surface area contributed by atoms with Crippen LogP contribution >= 0.6 is 11.8 Å². The Kier molecular flexibility index (Phi) is 3.28. The molecule has 0 amide bonds. The van der Waals surface area contributed by atoms with E-state index in [9.17, 15) is 0 Å². The van der Waals surface area contributed by atoms with E-state index in [0.717, 1.165) is 12.2 Å². The largest absolute Gasteiger partial charge is 0.382 e. The summed E-state index contributed by atoms with van der Waals surface area (Å²) in [5.41, 5.74) is 7.16. The van der Waals surface area contributed by atoms with Crippen LogP contribution in [0.15, 0.2) is 11.5 Å². The molecule has 3 N–H and O–H groups in total. The first kappa shape index (κ1) is 11.2. The number of thioether (sulfide) groups is 1. The molecule has 2 aromatic heterocycles. The Bertz CT molecular complexity index is 481. The van der Waals surface area contributed by atoms with Crippen LogP contribution in [0, 0.1) is 5.92 Å². The molecule has 0 fully saturated rings. The van der Waals surface area contributed by atoms with Crippen LogP contribution < -0.4 is 5.73 Å². The molecule has 1 atom stereocenters. The van der Waals surface area contributed by atoms with Gasteiger partial charge >= 0.3 is 0 Å². The maximum absolute atomic E-state index is 5.80. The van der Waals surface area contributed by atoms with Crippen LogP contribution in [0.5, 0.6) is 0 Å². The normalized spacial score (nSPS) is 13.1. The number of nitrogens with two attached hydrogens (primary N) is 1. The van der Waals surface area contributed by atoms with Crippen LogP contribution in [0.2, 0.25) is 0 Å². The van der Waals surface area contributed by atoms with Gasteiger partial charge in [0, 0.05) is 5.75 Å². The summed E-state index contributed by atoms with van der Waals surface area (Å²) in [6, 6.07) is 0. The maximum atomic E-state index is 5.80. The first-order chi connectivity index (χ1) is 7.70. The quantitative estimate of drug-likeness (QED) is 0.628. The summed E-state index contributed by atoms with van der Waals surface area (Å²) >= 11 is 1.63. The molecule has 0 radical (unpaired) electrons. The minimum Gasteiger partial charge on any atom is -0.382 e. The third kappa shape index (κ3) is 2.27. The fourth-order valence-electron chi connectivity index (χ4n) is 1.23. The van der Waals surface area contributed by atoms with Gasteiger partial charge in [0.1, 0.15) is 5.52 Å². The molecule has 0 aliphatic heterocycles. The number of aromatic amines is 1. The molecule has 0 bridgehead atoms. The van der Waals surface area contributed by atoms with Gasteiger partial charge in [-0.1, -0.05) is 32.0 Å². The van der Waals surface area contributed by atoms with E-state index in [1.54, 1.807) is 18.1 Å². The van der Waals surface area contributed by atoms with Crippen LogP contribution in [0.4, 0.5) is 5.82 Å². The Balaban J connectivity index is 2.18. The second kappa shape index (κ2) is 4.69. The van der Waals surface area contributed by atoms with Gasteiger partial charge in [-0.2, -0.15) is 0 Å². The van der Waals surface area contributed by atoms with Crippen molar-refractivity contribution < 1.29 is 0 Å². The lowest BCUT2D eigenvalue weighted by molar-refractivity contribution is 0.636. The van der Waals surface area contributed by atoms with Crippen molar-refractivity contribution in [1.29, 1.82) is 0 Å². The van der Waals surface area contributed by atoms with Crippen molar-refractivity contribution in [3.05, 3.63) is 6.33 Å². The first-order valence-corrected chi connectivity index (χ1v) is 6.28. The van der Waals surface area contributed by atoms with E-state index in [-0.39, 0.29) is 0 Å². The van der Waals surface area contributed by atoms with Crippen molar-refractivity contribution in [2.45, 2.75) is 25.4 Å². The zero-order valence-electron chi connectivity index (χ0n) is 9.40. The molecule has 2 heterocycles. The molecule has 1 unspecified atom stereocenters. The number of nitrogens with one attached hydrogen (secondary N) is 1.